The van der Waals surface area contributed by atoms with Crippen LogP contribution in [0.3, 0.4) is 0 Å². The van der Waals surface area contributed by atoms with Crippen LogP contribution in [0.1, 0.15) is 12.5 Å². The van der Waals surface area contributed by atoms with Crippen LogP contribution in [0.2, 0.25) is 0 Å². The third-order valence-corrected chi connectivity index (χ3v) is 5.06. The number of nitrogens with zero attached hydrogens (tertiary/aromatic N) is 1. The lowest BCUT2D eigenvalue weighted by molar-refractivity contribution is -0.136. The smallest absolute Gasteiger partial charge is 0.247 e. The SMILES string of the molecule is CC(N)(C(=O)N1CCS(=O)(=O)CC1)c1ccccc1. The van der Waals surface area contributed by atoms with Gasteiger partial charge in [0, 0.05) is 13.1 Å². The van der Waals surface area contributed by atoms with E-state index in [4.69, 9.17) is 5.73 Å². The van der Waals surface area contributed by atoms with Gasteiger partial charge < -0.3 is 10.6 Å². The Morgan fingerprint density at radius 1 is 1.21 bits per heavy atom. The predicted octanol–water partition coefficient (Wildman–Crippen LogP) is 0.118. The second-order valence-electron chi connectivity index (χ2n) is 5.01. The summed E-state index contributed by atoms with van der Waals surface area (Å²) in [6.07, 6.45) is 0. The minimum atomic E-state index is -2.99. The van der Waals surface area contributed by atoms with Crippen molar-refractivity contribution >= 4 is 15.7 Å². The molecule has 1 fully saturated rings. The van der Waals surface area contributed by atoms with E-state index in [9.17, 15) is 13.2 Å². The number of carbonyl (C=O) groups excluding carboxylic acids is 1. The summed E-state index contributed by atoms with van der Waals surface area (Å²) in [5.74, 6) is -0.193. The van der Waals surface area contributed by atoms with Crippen molar-refractivity contribution < 1.29 is 13.2 Å². The number of carbonyl (C=O) groups is 1. The number of amides is 1. The highest BCUT2D eigenvalue weighted by Crippen LogP contribution is 2.21. The van der Waals surface area contributed by atoms with Gasteiger partial charge >= 0.3 is 0 Å². The van der Waals surface area contributed by atoms with Gasteiger partial charge in [-0.25, -0.2) is 8.42 Å². The number of nitrogens with two attached hydrogens (primary N) is 1. The minimum Gasteiger partial charge on any atom is -0.339 e. The fourth-order valence-corrected chi connectivity index (χ4v) is 3.35. The quantitative estimate of drug-likeness (QED) is 0.835. The Labute approximate surface area is 113 Å². The molecule has 2 rings (SSSR count). The number of hydrogen-bond acceptors (Lipinski definition) is 4. The van der Waals surface area contributed by atoms with Crippen molar-refractivity contribution in [1.29, 1.82) is 0 Å². The number of benzene rings is 1. The standard InChI is InChI=1S/C13H18N2O3S/c1-13(14,11-5-3-2-4-6-11)12(16)15-7-9-19(17,18)10-8-15/h2-6H,7-10,14H2,1H3. The van der Waals surface area contributed by atoms with Crippen molar-refractivity contribution in [3.8, 4) is 0 Å². The fourth-order valence-electron chi connectivity index (χ4n) is 2.15. The lowest BCUT2D eigenvalue weighted by Crippen LogP contribution is -2.54. The summed E-state index contributed by atoms with van der Waals surface area (Å²) in [4.78, 5) is 14.0. The zero-order valence-electron chi connectivity index (χ0n) is 10.9. The van der Waals surface area contributed by atoms with Crippen molar-refractivity contribution in [2.45, 2.75) is 12.5 Å². The molecule has 0 spiro atoms. The minimum absolute atomic E-state index is 0.0175. The first-order valence-corrected chi connectivity index (χ1v) is 7.99. The lowest BCUT2D eigenvalue weighted by atomic mass is 9.91. The molecule has 0 bridgehead atoms. The normalized spacial score (nSPS) is 21.7. The zero-order valence-corrected chi connectivity index (χ0v) is 11.7. The Morgan fingerprint density at radius 2 is 1.74 bits per heavy atom. The molecule has 1 heterocycles. The fraction of sp³-hybridized carbons (Fsp3) is 0.462. The third-order valence-electron chi connectivity index (χ3n) is 3.45. The second kappa shape index (κ2) is 4.94. The highest BCUT2D eigenvalue weighted by atomic mass is 32.2. The Balaban J connectivity index is 2.16. The van der Waals surface area contributed by atoms with Gasteiger partial charge in [-0.1, -0.05) is 30.3 Å². The molecule has 104 valence electrons. The molecule has 1 saturated heterocycles. The van der Waals surface area contributed by atoms with Crippen LogP contribution in [0.25, 0.3) is 0 Å². The van der Waals surface area contributed by atoms with E-state index in [0.29, 0.717) is 0 Å². The maximum atomic E-state index is 12.4. The van der Waals surface area contributed by atoms with Crippen LogP contribution < -0.4 is 5.73 Å². The highest BCUT2D eigenvalue weighted by Gasteiger charge is 2.36. The molecule has 1 aliphatic heterocycles. The van der Waals surface area contributed by atoms with E-state index in [0.717, 1.165) is 5.56 Å². The van der Waals surface area contributed by atoms with Crippen molar-refractivity contribution in [3.63, 3.8) is 0 Å². The molecule has 1 unspecified atom stereocenters. The molecule has 1 aliphatic rings. The van der Waals surface area contributed by atoms with Crippen LogP contribution in [-0.4, -0.2) is 43.8 Å². The first-order valence-electron chi connectivity index (χ1n) is 6.17. The molecule has 0 aliphatic carbocycles. The Bertz CT molecular complexity index is 553. The highest BCUT2D eigenvalue weighted by molar-refractivity contribution is 7.91. The lowest BCUT2D eigenvalue weighted by Gasteiger charge is -2.34. The van der Waals surface area contributed by atoms with Crippen molar-refractivity contribution in [3.05, 3.63) is 35.9 Å². The van der Waals surface area contributed by atoms with Gasteiger partial charge in [0.1, 0.15) is 5.54 Å². The summed E-state index contributed by atoms with van der Waals surface area (Å²) in [5.41, 5.74) is 5.75. The Morgan fingerprint density at radius 3 is 2.26 bits per heavy atom. The van der Waals surface area contributed by atoms with E-state index in [1.54, 1.807) is 19.1 Å². The maximum absolute atomic E-state index is 12.4. The van der Waals surface area contributed by atoms with Gasteiger partial charge in [-0.05, 0) is 12.5 Å². The Hall–Kier alpha value is -1.40. The summed E-state index contributed by atoms with van der Waals surface area (Å²) in [7, 11) is -2.99. The molecule has 1 aromatic rings. The molecule has 1 atom stereocenters. The average molecular weight is 282 g/mol. The molecule has 1 amide bonds. The van der Waals surface area contributed by atoms with Crippen LogP contribution in [0.4, 0.5) is 0 Å². The van der Waals surface area contributed by atoms with Gasteiger partial charge in [-0.15, -0.1) is 0 Å². The molecule has 5 nitrogen and oxygen atoms in total. The van der Waals surface area contributed by atoms with Gasteiger partial charge in [0.15, 0.2) is 9.84 Å². The van der Waals surface area contributed by atoms with Gasteiger partial charge in [-0.3, -0.25) is 4.79 Å². The van der Waals surface area contributed by atoms with Crippen LogP contribution in [0, 0.1) is 0 Å². The summed E-state index contributed by atoms with van der Waals surface area (Å²) in [6, 6.07) is 9.12. The van der Waals surface area contributed by atoms with Gasteiger partial charge in [0.25, 0.3) is 0 Å². The summed E-state index contributed by atoms with van der Waals surface area (Å²) in [6.45, 7) is 2.11. The van der Waals surface area contributed by atoms with E-state index in [1.807, 2.05) is 18.2 Å². The molecule has 6 heteroatoms. The van der Waals surface area contributed by atoms with E-state index < -0.39 is 15.4 Å². The molecule has 19 heavy (non-hydrogen) atoms. The monoisotopic (exact) mass is 282 g/mol. The largest absolute Gasteiger partial charge is 0.339 e. The van der Waals surface area contributed by atoms with Gasteiger partial charge in [0.05, 0.1) is 11.5 Å². The third kappa shape index (κ3) is 2.96. The van der Waals surface area contributed by atoms with E-state index in [1.165, 1.54) is 4.90 Å². The van der Waals surface area contributed by atoms with Crippen LogP contribution in [-0.2, 0) is 20.2 Å². The molecule has 0 radical (unpaired) electrons. The topological polar surface area (TPSA) is 80.5 Å². The number of sulfone groups is 1. The van der Waals surface area contributed by atoms with E-state index >= 15 is 0 Å². The van der Waals surface area contributed by atoms with Crippen LogP contribution in [0.5, 0.6) is 0 Å². The number of hydrogen-bond donors (Lipinski definition) is 1. The maximum Gasteiger partial charge on any atom is 0.247 e. The number of rotatable bonds is 2. The molecule has 0 saturated carbocycles. The van der Waals surface area contributed by atoms with Gasteiger partial charge in [-0.2, -0.15) is 0 Å². The molecule has 0 aromatic heterocycles. The van der Waals surface area contributed by atoms with Crippen molar-refractivity contribution in [2.75, 3.05) is 24.6 Å². The molecular formula is C13H18N2O3S. The molecule has 1 aromatic carbocycles. The molecule has 2 N–H and O–H groups in total. The first-order chi connectivity index (χ1) is 8.83. The van der Waals surface area contributed by atoms with E-state index in [2.05, 4.69) is 0 Å². The van der Waals surface area contributed by atoms with Gasteiger partial charge in [0.2, 0.25) is 5.91 Å². The van der Waals surface area contributed by atoms with Crippen LogP contribution in [0.15, 0.2) is 30.3 Å². The van der Waals surface area contributed by atoms with Crippen LogP contribution >= 0.6 is 0 Å². The first kappa shape index (κ1) is 14.0. The predicted molar refractivity (Wildman–Crippen MR) is 73.2 cm³/mol. The summed E-state index contributed by atoms with van der Waals surface area (Å²) >= 11 is 0. The summed E-state index contributed by atoms with van der Waals surface area (Å²) in [5, 5.41) is 0. The summed E-state index contributed by atoms with van der Waals surface area (Å²) < 4.78 is 22.7. The second-order valence-corrected chi connectivity index (χ2v) is 7.32. The molecular weight excluding hydrogens is 264 g/mol. The van der Waals surface area contributed by atoms with Crippen molar-refractivity contribution in [2.24, 2.45) is 5.73 Å². The van der Waals surface area contributed by atoms with Crippen molar-refractivity contribution in [1.82, 2.24) is 4.90 Å². The van der Waals surface area contributed by atoms with E-state index in [-0.39, 0.29) is 30.5 Å². The Kier molecular flexibility index (Phi) is 3.64. The average Bonchev–Trinajstić information content (AvgIpc) is 2.39. The zero-order chi connectivity index (χ0) is 14.1.